The van der Waals surface area contributed by atoms with Crippen molar-refractivity contribution in [2.75, 3.05) is 12.4 Å². The third-order valence-corrected chi connectivity index (χ3v) is 5.67. The molecule has 2 aromatic heterocycles. The summed E-state index contributed by atoms with van der Waals surface area (Å²) >= 11 is 2.12. The van der Waals surface area contributed by atoms with E-state index in [1.54, 1.807) is 6.07 Å². The van der Waals surface area contributed by atoms with Gasteiger partial charge in [-0.15, -0.1) is 0 Å². The first-order chi connectivity index (χ1) is 11.0. The van der Waals surface area contributed by atoms with Gasteiger partial charge in [-0.2, -0.15) is 0 Å². The van der Waals surface area contributed by atoms with E-state index in [1.165, 1.54) is 22.4 Å². The van der Waals surface area contributed by atoms with E-state index in [-0.39, 0.29) is 23.6 Å². The number of methoxy groups -OCH3 is 1. The van der Waals surface area contributed by atoms with Crippen LogP contribution >= 0.6 is 30.3 Å². The monoisotopic (exact) mass is 448 g/mol. The van der Waals surface area contributed by atoms with Crippen LogP contribution < -0.4 is 5.32 Å². The fourth-order valence-corrected chi connectivity index (χ4v) is 3.97. The van der Waals surface area contributed by atoms with Crippen molar-refractivity contribution in [2.24, 2.45) is 5.92 Å². The molecule has 122 valence electrons. The molecule has 0 aliphatic heterocycles. The topological polar surface area (TPSA) is 99.3 Å². The molecule has 23 heavy (non-hydrogen) atoms. The Hall–Kier alpha value is -1.56. The SMILES string of the molecule is COC(=O)C1CC(Nc2c([N+](=O)[O-])cnc3c2ccn3SI)C1. The van der Waals surface area contributed by atoms with Crippen LogP contribution in [0.1, 0.15) is 12.8 Å². The van der Waals surface area contributed by atoms with Crippen LogP contribution in [0, 0.1) is 16.0 Å². The van der Waals surface area contributed by atoms with Crippen LogP contribution in [0.3, 0.4) is 0 Å². The number of ether oxygens (including phenoxy) is 1. The van der Waals surface area contributed by atoms with Crippen molar-refractivity contribution in [3.8, 4) is 0 Å². The van der Waals surface area contributed by atoms with Crippen molar-refractivity contribution >= 4 is 58.7 Å². The number of fused-ring (bicyclic) bond motifs is 1. The number of hydrogen-bond donors (Lipinski definition) is 1. The van der Waals surface area contributed by atoms with Crippen molar-refractivity contribution < 1.29 is 14.5 Å². The molecule has 2 heterocycles. The second kappa shape index (κ2) is 6.51. The summed E-state index contributed by atoms with van der Waals surface area (Å²) in [5.41, 5.74) is 1.06. The van der Waals surface area contributed by atoms with E-state index < -0.39 is 4.92 Å². The van der Waals surface area contributed by atoms with Gasteiger partial charge in [0.25, 0.3) is 0 Å². The Kier molecular flexibility index (Phi) is 4.62. The van der Waals surface area contributed by atoms with E-state index in [0.717, 1.165) is 0 Å². The molecule has 0 radical (unpaired) electrons. The van der Waals surface area contributed by atoms with E-state index in [0.29, 0.717) is 29.6 Å². The predicted octanol–water partition coefficient (Wildman–Crippen LogP) is 3.15. The third kappa shape index (κ3) is 2.96. The van der Waals surface area contributed by atoms with E-state index in [4.69, 9.17) is 4.74 Å². The first kappa shape index (κ1) is 16.3. The van der Waals surface area contributed by atoms with Gasteiger partial charge in [0.15, 0.2) is 5.65 Å². The molecule has 0 aromatic carbocycles. The van der Waals surface area contributed by atoms with E-state index in [2.05, 4.69) is 31.5 Å². The summed E-state index contributed by atoms with van der Waals surface area (Å²) in [5, 5.41) is 15.2. The van der Waals surface area contributed by atoms with Gasteiger partial charge >= 0.3 is 11.7 Å². The van der Waals surface area contributed by atoms with Crippen LogP contribution in [-0.4, -0.2) is 33.0 Å². The largest absolute Gasteiger partial charge is 0.469 e. The molecule has 2 aromatic rings. The predicted molar refractivity (Wildman–Crippen MR) is 95.5 cm³/mol. The maximum atomic E-state index is 11.4. The number of pyridine rings is 1. The second-order valence-corrected chi connectivity index (χ2v) is 6.97. The minimum atomic E-state index is -0.445. The van der Waals surface area contributed by atoms with Crippen molar-refractivity contribution in [2.45, 2.75) is 18.9 Å². The van der Waals surface area contributed by atoms with Crippen molar-refractivity contribution in [1.82, 2.24) is 8.96 Å². The molecule has 0 atom stereocenters. The molecule has 10 heteroatoms. The van der Waals surface area contributed by atoms with Gasteiger partial charge in [-0.25, -0.2) is 4.98 Å². The second-order valence-electron chi connectivity index (χ2n) is 5.26. The van der Waals surface area contributed by atoms with Crippen LogP contribution in [0.15, 0.2) is 18.5 Å². The minimum Gasteiger partial charge on any atom is -0.469 e. The molecule has 1 saturated carbocycles. The highest BCUT2D eigenvalue weighted by atomic mass is 127. The van der Waals surface area contributed by atoms with E-state index in [9.17, 15) is 14.9 Å². The number of hydrogen-bond acceptors (Lipinski definition) is 7. The molecule has 1 aliphatic carbocycles. The molecular formula is C13H13IN4O4S. The highest BCUT2D eigenvalue weighted by molar-refractivity contribution is 14.2. The lowest BCUT2D eigenvalue weighted by Gasteiger charge is -2.34. The van der Waals surface area contributed by atoms with Crippen LogP contribution in [0.25, 0.3) is 11.0 Å². The molecule has 0 saturated heterocycles. The van der Waals surface area contributed by atoms with Crippen LogP contribution in [0.2, 0.25) is 0 Å². The summed E-state index contributed by atoms with van der Waals surface area (Å²) in [6, 6.07) is 1.82. The molecule has 8 nitrogen and oxygen atoms in total. The van der Waals surface area contributed by atoms with Gasteiger partial charge in [-0.1, -0.05) is 0 Å². The van der Waals surface area contributed by atoms with Gasteiger partial charge in [0, 0.05) is 42.6 Å². The zero-order valence-electron chi connectivity index (χ0n) is 12.1. The molecule has 0 spiro atoms. The third-order valence-electron chi connectivity index (χ3n) is 3.95. The summed E-state index contributed by atoms with van der Waals surface area (Å²) in [4.78, 5) is 26.5. The van der Waals surface area contributed by atoms with Gasteiger partial charge in [0.2, 0.25) is 0 Å². The number of nitrogens with one attached hydrogen (secondary N) is 1. The highest BCUT2D eigenvalue weighted by Crippen LogP contribution is 2.38. The van der Waals surface area contributed by atoms with Gasteiger partial charge < -0.3 is 10.1 Å². The number of anilines is 1. The van der Waals surface area contributed by atoms with Gasteiger partial charge in [0.1, 0.15) is 11.9 Å². The van der Waals surface area contributed by atoms with Crippen molar-refractivity contribution in [3.63, 3.8) is 0 Å². The maximum Gasteiger partial charge on any atom is 0.311 e. The molecule has 1 aliphatic rings. The Balaban J connectivity index is 1.89. The number of rotatable bonds is 5. The fourth-order valence-electron chi connectivity index (χ4n) is 2.70. The molecule has 0 bridgehead atoms. The number of nitro groups is 1. The maximum absolute atomic E-state index is 11.4. The summed E-state index contributed by atoms with van der Waals surface area (Å²) < 4.78 is 6.55. The molecule has 0 amide bonds. The smallest absolute Gasteiger partial charge is 0.311 e. The summed E-state index contributed by atoms with van der Waals surface area (Å²) in [6.45, 7) is 0. The van der Waals surface area contributed by atoms with Crippen molar-refractivity contribution in [1.29, 1.82) is 0 Å². The average molecular weight is 448 g/mol. The lowest BCUT2D eigenvalue weighted by Crippen LogP contribution is -2.40. The van der Waals surface area contributed by atoms with Crippen LogP contribution in [-0.2, 0) is 9.53 Å². The Labute approximate surface area is 147 Å². The molecule has 1 fully saturated rings. The van der Waals surface area contributed by atoms with Gasteiger partial charge in [-0.05, 0) is 18.9 Å². The Morgan fingerprint density at radius 3 is 2.96 bits per heavy atom. The number of carbonyl (C=O) groups excluding carboxylic acids is 1. The van der Waals surface area contributed by atoms with Crippen LogP contribution in [0.5, 0.6) is 0 Å². The quantitative estimate of drug-likeness (QED) is 0.325. The standard InChI is InChI=1S/C13H13IN4O4S/c1-22-13(19)7-4-8(5-7)16-11-9-2-3-17(23-14)12(9)15-6-10(11)18(20)21/h2-3,6-8H,4-5H2,1H3,(H,15,16). The fraction of sp³-hybridized carbons (Fsp3) is 0.385. The zero-order valence-corrected chi connectivity index (χ0v) is 15.0. The van der Waals surface area contributed by atoms with Gasteiger partial charge in [0.05, 0.1) is 23.3 Å². The van der Waals surface area contributed by atoms with Gasteiger partial charge in [-0.3, -0.25) is 18.9 Å². The Morgan fingerprint density at radius 2 is 2.35 bits per heavy atom. The Bertz CT molecular complexity index is 775. The van der Waals surface area contributed by atoms with E-state index in [1.807, 2.05) is 10.2 Å². The number of aromatic nitrogens is 2. The summed E-state index contributed by atoms with van der Waals surface area (Å²) in [5.74, 6) is -0.367. The molecular weight excluding hydrogens is 435 g/mol. The summed E-state index contributed by atoms with van der Waals surface area (Å²) in [6.07, 6.45) is 4.30. The molecule has 3 rings (SSSR count). The normalized spacial score (nSPS) is 20.1. The van der Waals surface area contributed by atoms with E-state index >= 15 is 0 Å². The number of halogens is 1. The Morgan fingerprint density at radius 1 is 1.61 bits per heavy atom. The highest BCUT2D eigenvalue weighted by Gasteiger charge is 2.36. The van der Waals surface area contributed by atoms with Crippen molar-refractivity contribution in [3.05, 3.63) is 28.6 Å². The number of esters is 1. The zero-order chi connectivity index (χ0) is 16.6. The minimum absolute atomic E-state index is 0.0130. The number of carbonyl (C=O) groups is 1. The average Bonchev–Trinajstić information content (AvgIpc) is 2.92. The summed E-state index contributed by atoms with van der Waals surface area (Å²) in [7, 11) is 2.80. The van der Waals surface area contributed by atoms with Crippen LogP contribution in [0.4, 0.5) is 11.4 Å². The lowest BCUT2D eigenvalue weighted by molar-refractivity contribution is -0.384. The number of nitrogens with zero attached hydrogens (tertiary/aromatic N) is 3. The molecule has 1 N–H and O–H groups in total. The molecule has 0 unspecified atom stereocenters. The first-order valence-electron chi connectivity index (χ1n) is 6.83. The lowest BCUT2D eigenvalue weighted by atomic mass is 9.80. The first-order valence-corrected chi connectivity index (χ1v) is 10.1.